The lowest BCUT2D eigenvalue weighted by Crippen LogP contribution is -2.28. The molecule has 1 aromatic heterocycles. The molecule has 2 aromatic rings. The smallest absolute Gasteiger partial charge is 0.254 e. The van der Waals surface area contributed by atoms with Crippen LogP contribution in [-0.4, -0.2) is 15.9 Å². The predicted octanol–water partition coefficient (Wildman–Crippen LogP) is 3.79. The van der Waals surface area contributed by atoms with Gasteiger partial charge in [-0.1, -0.05) is 39.8 Å². The number of hydrogen-bond donors (Lipinski definition) is 1. The lowest BCUT2D eigenvalue weighted by molar-refractivity contribution is 0.0934. The molecule has 0 aliphatic carbocycles. The third kappa shape index (κ3) is 4.34. The molecule has 0 aliphatic heterocycles. The molecule has 0 radical (unpaired) electrons. The highest BCUT2D eigenvalue weighted by molar-refractivity contribution is 5.93. The minimum absolute atomic E-state index is 0.158. The van der Waals surface area contributed by atoms with Crippen molar-refractivity contribution in [3.05, 3.63) is 59.4 Å². The molecule has 1 aromatic carbocycles. The van der Waals surface area contributed by atoms with Gasteiger partial charge in [0.2, 0.25) is 0 Å². The highest BCUT2D eigenvalue weighted by Gasteiger charge is 2.19. The van der Waals surface area contributed by atoms with E-state index in [0.717, 1.165) is 5.56 Å². The summed E-state index contributed by atoms with van der Waals surface area (Å²) in [6, 6.07) is 5.98. The Bertz CT molecular complexity index is 660. The number of rotatable bonds is 4. The van der Waals surface area contributed by atoms with Crippen LogP contribution in [0.2, 0.25) is 0 Å². The molecule has 4 nitrogen and oxygen atoms in total. The van der Waals surface area contributed by atoms with Crippen molar-refractivity contribution in [3.8, 4) is 0 Å². The number of nitrogens with zero attached hydrogens (tertiary/aromatic N) is 2. The summed E-state index contributed by atoms with van der Waals surface area (Å²) < 4.78 is 13.0. The normalized spacial score (nSPS) is 12.7. The number of benzene rings is 1. The van der Waals surface area contributed by atoms with Crippen molar-refractivity contribution in [2.45, 2.75) is 45.6 Å². The Hall–Kier alpha value is -2.30. The maximum absolute atomic E-state index is 13.0. The Morgan fingerprint density at radius 1 is 1.17 bits per heavy atom. The highest BCUT2D eigenvalue weighted by Crippen LogP contribution is 2.19. The monoisotopic (exact) mass is 315 g/mol. The average Bonchev–Trinajstić information content (AvgIpc) is 2.52. The van der Waals surface area contributed by atoms with Gasteiger partial charge in [0.25, 0.3) is 5.91 Å². The summed E-state index contributed by atoms with van der Waals surface area (Å²) in [5, 5.41) is 2.94. The van der Waals surface area contributed by atoms with Crippen LogP contribution in [-0.2, 0) is 5.41 Å². The Labute approximate surface area is 136 Å². The van der Waals surface area contributed by atoms with E-state index in [9.17, 15) is 9.18 Å². The van der Waals surface area contributed by atoms with E-state index < -0.39 is 0 Å². The Kier molecular flexibility index (Phi) is 5.08. The summed E-state index contributed by atoms with van der Waals surface area (Å²) in [5.74, 6) is 0.169. The molecule has 2 rings (SSSR count). The fraction of sp³-hybridized carbons (Fsp3) is 0.389. The topological polar surface area (TPSA) is 54.9 Å². The van der Waals surface area contributed by atoms with Crippen LogP contribution >= 0.6 is 0 Å². The van der Waals surface area contributed by atoms with Crippen molar-refractivity contribution in [3.63, 3.8) is 0 Å². The van der Waals surface area contributed by atoms with Crippen LogP contribution in [0.3, 0.4) is 0 Å². The van der Waals surface area contributed by atoms with Gasteiger partial charge in [-0.15, -0.1) is 0 Å². The Morgan fingerprint density at radius 2 is 1.74 bits per heavy atom. The van der Waals surface area contributed by atoms with Gasteiger partial charge in [-0.05, 0) is 24.1 Å². The molecule has 1 N–H and O–H groups in total. The van der Waals surface area contributed by atoms with E-state index in [0.29, 0.717) is 17.8 Å². The molecular weight excluding hydrogens is 293 g/mol. The summed E-state index contributed by atoms with van der Waals surface area (Å²) in [7, 11) is 0. The zero-order valence-electron chi connectivity index (χ0n) is 13.9. The maximum atomic E-state index is 13.0. The molecule has 122 valence electrons. The first kappa shape index (κ1) is 17.1. The molecule has 0 saturated heterocycles. The van der Waals surface area contributed by atoms with Crippen molar-refractivity contribution in [2.75, 3.05) is 0 Å². The number of hydrogen-bond acceptors (Lipinski definition) is 3. The standard InChI is InChI=1S/C18H22FN3O/c1-5-15(12-6-8-14(19)9-7-12)22-16(23)13-10-20-17(21-11-13)18(2,3)4/h6-11,15H,5H2,1-4H3,(H,22,23)/t15-/m1/s1. The van der Waals surface area contributed by atoms with Crippen LogP contribution in [0, 0.1) is 5.82 Å². The van der Waals surface area contributed by atoms with Gasteiger partial charge in [-0.25, -0.2) is 14.4 Å². The van der Waals surface area contributed by atoms with Gasteiger partial charge in [0.15, 0.2) is 0 Å². The summed E-state index contributed by atoms with van der Waals surface area (Å²) in [5.41, 5.74) is 1.13. The summed E-state index contributed by atoms with van der Waals surface area (Å²) in [6.45, 7) is 8.02. The predicted molar refractivity (Wildman–Crippen MR) is 87.6 cm³/mol. The van der Waals surface area contributed by atoms with Gasteiger partial charge in [0, 0.05) is 17.8 Å². The lowest BCUT2D eigenvalue weighted by atomic mass is 9.96. The quantitative estimate of drug-likeness (QED) is 0.934. The van der Waals surface area contributed by atoms with Crippen LogP contribution in [0.5, 0.6) is 0 Å². The third-order valence-corrected chi connectivity index (χ3v) is 3.57. The van der Waals surface area contributed by atoms with Gasteiger partial charge in [-0.2, -0.15) is 0 Å². The molecule has 0 fully saturated rings. The van der Waals surface area contributed by atoms with E-state index in [-0.39, 0.29) is 23.2 Å². The van der Waals surface area contributed by atoms with Gasteiger partial charge in [0.05, 0.1) is 11.6 Å². The minimum atomic E-state index is -0.291. The van der Waals surface area contributed by atoms with Crippen LogP contribution in [0.1, 0.15) is 61.9 Å². The second-order valence-electron chi connectivity index (χ2n) is 6.53. The lowest BCUT2D eigenvalue weighted by Gasteiger charge is -2.18. The second-order valence-corrected chi connectivity index (χ2v) is 6.53. The molecular formula is C18H22FN3O. The van der Waals surface area contributed by atoms with Crippen molar-refractivity contribution in [1.29, 1.82) is 0 Å². The van der Waals surface area contributed by atoms with Crippen LogP contribution in [0.4, 0.5) is 4.39 Å². The average molecular weight is 315 g/mol. The molecule has 0 bridgehead atoms. The van der Waals surface area contributed by atoms with Crippen LogP contribution in [0.25, 0.3) is 0 Å². The number of amides is 1. The van der Waals surface area contributed by atoms with Gasteiger partial charge < -0.3 is 5.32 Å². The first-order chi connectivity index (χ1) is 10.8. The second kappa shape index (κ2) is 6.86. The molecule has 0 saturated carbocycles. The Balaban J connectivity index is 2.12. The van der Waals surface area contributed by atoms with Crippen molar-refractivity contribution >= 4 is 5.91 Å². The maximum Gasteiger partial charge on any atom is 0.254 e. The van der Waals surface area contributed by atoms with E-state index in [4.69, 9.17) is 0 Å². The number of carbonyl (C=O) groups is 1. The van der Waals surface area contributed by atoms with E-state index in [1.54, 1.807) is 24.5 Å². The molecule has 5 heteroatoms. The first-order valence-electron chi connectivity index (χ1n) is 7.70. The van der Waals surface area contributed by atoms with E-state index in [1.807, 2.05) is 27.7 Å². The van der Waals surface area contributed by atoms with Gasteiger partial charge >= 0.3 is 0 Å². The van der Waals surface area contributed by atoms with Gasteiger partial charge in [-0.3, -0.25) is 4.79 Å². The van der Waals surface area contributed by atoms with Crippen LogP contribution < -0.4 is 5.32 Å². The van der Waals surface area contributed by atoms with Crippen molar-refractivity contribution < 1.29 is 9.18 Å². The minimum Gasteiger partial charge on any atom is -0.345 e. The number of aromatic nitrogens is 2. The third-order valence-electron chi connectivity index (χ3n) is 3.57. The summed E-state index contributed by atoms with van der Waals surface area (Å²) in [4.78, 5) is 20.9. The zero-order valence-corrected chi connectivity index (χ0v) is 13.9. The van der Waals surface area contributed by atoms with Crippen molar-refractivity contribution in [1.82, 2.24) is 15.3 Å². The zero-order chi connectivity index (χ0) is 17.0. The molecule has 0 aliphatic rings. The van der Waals surface area contributed by atoms with E-state index in [1.165, 1.54) is 12.1 Å². The molecule has 0 unspecified atom stereocenters. The largest absolute Gasteiger partial charge is 0.345 e. The fourth-order valence-electron chi connectivity index (χ4n) is 2.19. The highest BCUT2D eigenvalue weighted by atomic mass is 19.1. The first-order valence-corrected chi connectivity index (χ1v) is 7.70. The SMILES string of the molecule is CC[C@@H](NC(=O)c1cnc(C(C)(C)C)nc1)c1ccc(F)cc1. The number of carbonyl (C=O) groups excluding carboxylic acids is 1. The Morgan fingerprint density at radius 3 is 2.22 bits per heavy atom. The molecule has 23 heavy (non-hydrogen) atoms. The van der Waals surface area contributed by atoms with Crippen LogP contribution in [0.15, 0.2) is 36.7 Å². The van der Waals surface area contributed by atoms with Gasteiger partial charge in [0.1, 0.15) is 11.6 Å². The fourth-order valence-corrected chi connectivity index (χ4v) is 2.19. The number of nitrogens with one attached hydrogen (secondary N) is 1. The van der Waals surface area contributed by atoms with E-state index in [2.05, 4.69) is 15.3 Å². The van der Waals surface area contributed by atoms with Crippen molar-refractivity contribution in [2.24, 2.45) is 0 Å². The number of halogens is 1. The molecule has 1 amide bonds. The van der Waals surface area contributed by atoms with E-state index >= 15 is 0 Å². The summed E-state index contributed by atoms with van der Waals surface area (Å²) >= 11 is 0. The molecule has 1 atom stereocenters. The molecule has 1 heterocycles. The summed E-state index contributed by atoms with van der Waals surface area (Å²) in [6.07, 6.45) is 3.79. The molecule has 0 spiro atoms.